The molecule has 2 rings (SSSR count). The van der Waals surface area contributed by atoms with Gasteiger partial charge in [0.1, 0.15) is 0 Å². The third-order valence-corrected chi connectivity index (χ3v) is 4.18. The van der Waals surface area contributed by atoms with Crippen molar-refractivity contribution in [1.29, 1.82) is 0 Å². The number of carbonyl (C=O) groups is 1. The van der Waals surface area contributed by atoms with Crippen molar-refractivity contribution in [2.24, 2.45) is 0 Å². The topological polar surface area (TPSA) is 66.9 Å². The maximum Gasteiger partial charge on any atom is 0.224 e. The van der Waals surface area contributed by atoms with Crippen LogP contribution >= 0.6 is 15.9 Å². The predicted molar refractivity (Wildman–Crippen MR) is 96.7 cm³/mol. The molecule has 0 aliphatic rings. The van der Waals surface area contributed by atoms with Crippen LogP contribution in [0.5, 0.6) is 0 Å². The van der Waals surface area contributed by atoms with Crippen molar-refractivity contribution in [3.8, 4) is 0 Å². The molecule has 0 saturated carbocycles. The van der Waals surface area contributed by atoms with E-state index in [1.165, 1.54) is 0 Å². The van der Waals surface area contributed by atoms with Gasteiger partial charge in [0.2, 0.25) is 11.9 Å². The number of nitrogens with one attached hydrogen (secondary N) is 2. The number of aryl methyl sites for hydroxylation is 3. The van der Waals surface area contributed by atoms with E-state index >= 15 is 0 Å². The number of halogens is 1. The van der Waals surface area contributed by atoms with Crippen molar-refractivity contribution in [1.82, 2.24) is 9.97 Å². The molecule has 0 atom stereocenters. The lowest BCUT2D eigenvalue weighted by atomic mass is 10.2. The minimum absolute atomic E-state index is 0.00913. The maximum absolute atomic E-state index is 11.9. The highest BCUT2D eigenvalue weighted by Crippen LogP contribution is 2.20. The van der Waals surface area contributed by atoms with E-state index in [0.29, 0.717) is 18.9 Å². The zero-order chi connectivity index (χ0) is 16.8. The monoisotopic (exact) mass is 376 g/mol. The second-order valence-corrected chi connectivity index (χ2v) is 6.37. The Morgan fingerprint density at radius 3 is 2.48 bits per heavy atom. The summed E-state index contributed by atoms with van der Waals surface area (Å²) in [5.41, 5.74) is 3.78. The second-order valence-electron chi connectivity index (χ2n) is 5.52. The Kier molecular flexibility index (Phi) is 6.10. The Morgan fingerprint density at radius 1 is 1.13 bits per heavy atom. The molecule has 1 heterocycles. The molecule has 2 aromatic rings. The van der Waals surface area contributed by atoms with Gasteiger partial charge in [0.05, 0.1) is 0 Å². The third kappa shape index (κ3) is 5.63. The average Bonchev–Trinajstić information content (AvgIpc) is 2.46. The molecule has 0 unspecified atom stereocenters. The number of benzene rings is 1. The molecule has 23 heavy (non-hydrogen) atoms. The van der Waals surface area contributed by atoms with Crippen LogP contribution in [0.15, 0.2) is 28.7 Å². The quantitative estimate of drug-likeness (QED) is 0.747. The summed E-state index contributed by atoms with van der Waals surface area (Å²) in [5.74, 6) is 0.626. The summed E-state index contributed by atoms with van der Waals surface area (Å²) in [6.45, 7) is 6.53. The first-order valence-electron chi connectivity index (χ1n) is 7.56. The van der Waals surface area contributed by atoms with Crippen LogP contribution in [0, 0.1) is 20.8 Å². The first-order valence-corrected chi connectivity index (χ1v) is 8.35. The van der Waals surface area contributed by atoms with Gasteiger partial charge < -0.3 is 10.6 Å². The van der Waals surface area contributed by atoms with Gasteiger partial charge in [0.25, 0.3) is 0 Å². The van der Waals surface area contributed by atoms with E-state index in [9.17, 15) is 4.79 Å². The van der Waals surface area contributed by atoms with Crippen LogP contribution in [0.3, 0.4) is 0 Å². The van der Waals surface area contributed by atoms with Crippen LogP contribution in [-0.4, -0.2) is 22.4 Å². The molecule has 1 aromatic heterocycles. The molecular formula is C17H21BrN4O. The van der Waals surface area contributed by atoms with Gasteiger partial charge >= 0.3 is 0 Å². The van der Waals surface area contributed by atoms with Crippen molar-refractivity contribution < 1.29 is 4.79 Å². The van der Waals surface area contributed by atoms with Crippen molar-refractivity contribution >= 4 is 33.5 Å². The predicted octanol–water partition coefficient (Wildman–Crippen LogP) is 4.00. The molecule has 122 valence electrons. The van der Waals surface area contributed by atoms with E-state index in [0.717, 1.165) is 33.5 Å². The Hall–Kier alpha value is -1.95. The smallest absolute Gasteiger partial charge is 0.224 e. The van der Waals surface area contributed by atoms with E-state index in [1.54, 1.807) is 0 Å². The second kappa shape index (κ2) is 8.06. The minimum Gasteiger partial charge on any atom is -0.354 e. The number of hydrogen-bond acceptors (Lipinski definition) is 4. The Bertz CT molecular complexity index is 683. The van der Waals surface area contributed by atoms with Crippen molar-refractivity contribution in [2.75, 3.05) is 17.2 Å². The van der Waals surface area contributed by atoms with Crippen LogP contribution in [0.1, 0.15) is 29.8 Å². The average molecular weight is 377 g/mol. The van der Waals surface area contributed by atoms with Crippen LogP contribution in [-0.2, 0) is 4.79 Å². The molecule has 0 radical (unpaired) electrons. The van der Waals surface area contributed by atoms with E-state index in [4.69, 9.17) is 0 Å². The highest BCUT2D eigenvalue weighted by molar-refractivity contribution is 9.10. The lowest BCUT2D eigenvalue weighted by Crippen LogP contribution is -2.14. The normalized spacial score (nSPS) is 10.4. The summed E-state index contributed by atoms with van der Waals surface area (Å²) >= 11 is 3.45. The van der Waals surface area contributed by atoms with Crippen LogP contribution in [0.25, 0.3) is 0 Å². The van der Waals surface area contributed by atoms with Crippen molar-refractivity contribution in [3.63, 3.8) is 0 Å². The molecule has 0 aliphatic carbocycles. The molecule has 1 amide bonds. The summed E-state index contributed by atoms with van der Waals surface area (Å²) in [6, 6.07) is 7.70. The summed E-state index contributed by atoms with van der Waals surface area (Å²) < 4.78 is 1.04. The number of nitrogens with zero attached hydrogens (tertiary/aromatic N) is 2. The molecule has 2 N–H and O–H groups in total. The van der Waals surface area contributed by atoms with E-state index in [1.807, 2.05) is 45.0 Å². The van der Waals surface area contributed by atoms with Crippen molar-refractivity contribution in [3.05, 3.63) is 45.7 Å². The van der Waals surface area contributed by atoms with Crippen LogP contribution < -0.4 is 10.6 Å². The molecule has 0 spiro atoms. The number of hydrogen-bond donors (Lipinski definition) is 2. The highest BCUT2D eigenvalue weighted by atomic mass is 79.9. The Balaban J connectivity index is 1.75. The molecule has 6 heteroatoms. The summed E-state index contributed by atoms with van der Waals surface area (Å²) in [4.78, 5) is 20.6. The molecule has 0 bridgehead atoms. The van der Waals surface area contributed by atoms with Crippen LogP contribution in [0.4, 0.5) is 11.6 Å². The van der Waals surface area contributed by atoms with Gasteiger partial charge in [-0.3, -0.25) is 4.79 Å². The van der Waals surface area contributed by atoms with Gasteiger partial charge in [-0.1, -0.05) is 15.9 Å². The van der Waals surface area contributed by atoms with E-state index < -0.39 is 0 Å². The fourth-order valence-electron chi connectivity index (χ4n) is 2.20. The zero-order valence-corrected chi connectivity index (χ0v) is 15.2. The summed E-state index contributed by atoms with van der Waals surface area (Å²) in [6.07, 6.45) is 1.17. The van der Waals surface area contributed by atoms with Gasteiger partial charge in [-0.15, -0.1) is 0 Å². The summed E-state index contributed by atoms with van der Waals surface area (Å²) in [7, 11) is 0. The first kappa shape index (κ1) is 17.4. The van der Waals surface area contributed by atoms with E-state index in [2.05, 4.69) is 36.5 Å². The summed E-state index contributed by atoms with van der Waals surface area (Å²) in [5, 5.41) is 6.06. The van der Waals surface area contributed by atoms with Crippen LogP contribution in [0.2, 0.25) is 0 Å². The van der Waals surface area contributed by atoms with Gasteiger partial charge in [0.15, 0.2) is 0 Å². The molecule has 0 aliphatic heterocycles. The molecule has 0 saturated heterocycles. The maximum atomic E-state index is 11.9. The van der Waals surface area contributed by atoms with E-state index in [-0.39, 0.29) is 5.91 Å². The molecule has 0 fully saturated rings. The van der Waals surface area contributed by atoms with Gasteiger partial charge in [-0.05, 0) is 57.0 Å². The zero-order valence-electron chi connectivity index (χ0n) is 13.6. The fourth-order valence-corrected chi connectivity index (χ4v) is 2.45. The number of rotatable bonds is 6. The third-order valence-electron chi connectivity index (χ3n) is 3.29. The molecule has 5 nitrogen and oxygen atoms in total. The number of amides is 1. The number of carbonyl (C=O) groups excluding carboxylic acids is 1. The largest absolute Gasteiger partial charge is 0.354 e. The molecule has 1 aromatic carbocycles. The lowest BCUT2D eigenvalue weighted by molar-refractivity contribution is -0.116. The highest BCUT2D eigenvalue weighted by Gasteiger charge is 2.04. The first-order chi connectivity index (χ1) is 10.9. The lowest BCUT2D eigenvalue weighted by Gasteiger charge is -2.08. The van der Waals surface area contributed by atoms with Gasteiger partial charge in [-0.25, -0.2) is 9.97 Å². The Morgan fingerprint density at radius 2 is 1.83 bits per heavy atom. The number of aromatic nitrogens is 2. The number of anilines is 2. The fraction of sp³-hybridized carbons (Fsp3) is 0.353. The minimum atomic E-state index is 0.00913. The SMILES string of the molecule is Cc1cc(C)nc(NCCCC(=O)Nc2ccc(Br)c(C)c2)n1. The molecular weight excluding hydrogens is 356 g/mol. The standard InChI is InChI=1S/C17H21BrN4O/c1-11-9-14(6-7-15(11)18)22-16(23)5-4-8-19-17-20-12(2)10-13(3)21-17/h6-7,9-10H,4-5,8H2,1-3H3,(H,22,23)(H,19,20,21). The van der Waals surface area contributed by atoms with Gasteiger partial charge in [-0.2, -0.15) is 0 Å². The Labute approximate surface area is 145 Å². The van der Waals surface area contributed by atoms with Crippen molar-refractivity contribution in [2.45, 2.75) is 33.6 Å². The van der Waals surface area contributed by atoms with Gasteiger partial charge in [0, 0.05) is 34.5 Å².